The Morgan fingerprint density at radius 1 is 1.03 bits per heavy atom. The van der Waals surface area contributed by atoms with Crippen molar-refractivity contribution in [1.82, 2.24) is 10.6 Å². The normalized spacial score (nSPS) is 10.6. The number of benzene rings is 2. The highest BCUT2D eigenvalue weighted by atomic mass is 127. The van der Waals surface area contributed by atoms with Crippen molar-refractivity contribution in [2.45, 2.75) is 19.9 Å². The first kappa shape index (κ1) is 26.3. The lowest BCUT2D eigenvalue weighted by molar-refractivity contribution is -0.119. The minimum Gasteiger partial charge on any atom is -0.493 e. The van der Waals surface area contributed by atoms with E-state index in [1.165, 1.54) is 0 Å². The third-order valence-electron chi connectivity index (χ3n) is 4.20. The van der Waals surface area contributed by atoms with E-state index in [0.29, 0.717) is 30.3 Å². The fraction of sp³-hybridized carbons (Fsp3) is 0.364. The van der Waals surface area contributed by atoms with E-state index in [1.54, 1.807) is 20.3 Å². The summed E-state index contributed by atoms with van der Waals surface area (Å²) in [5.41, 5.74) is 7.21. The smallest absolute Gasteiger partial charge is 0.255 e. The van der Waals surface area contributed by atoms with Gasteiger partial charge in [-0.15, -0.1) is 24.0 Å². The Labute approximate surface area is 200 Å². The molecule has 8 nitrogen and oxygen atoms in total. The van der Waals surface area contributed by atoms with Gasteiger partial charge < -0.3 is 30.6 Å². The third-order valence-corrected chi connectivity index (χ3v) is 4.20. The second kappa shape index (κ2) is 14.3. The molecular weight excluding hydrogens is 511 g/mol. The molecule has 0 aliphatic carbocycles. The Morgan fingerprint density at radius 2 is 1.81 bits per heavy atom. The van der Waals surface area contributed by atoms with Crippen molar-refractivity contribution in [3.05, 3.63) is 53.6 Å². The van der Waals surface area contributed by atoms with Gasteiger partial charge in [0.1, 0.15) is 5.75 Å². The van der Waals surface area contributed by atoms with Crippen LogP contribution in [0.5, 0.6) is 17.2 Å². The molecule has 0 bridgehead atoms. The molecule has 0 aliphatic rings. The maximum Gasteiger partial charge on any atom is 0.255 e. The predicted molar refractivity (Wildman–Crippen MR) is 133 cm³/mol. The molecule has 0 saturated carbocycles. The number of primary amides is 1. The molecule has 0 unspecified atom stereocenters. The van der Waals surface area contributed by atoms with E-state index in [4.69, 9.17) is 19.9 Å². The molecule has 9 heteroatoms. The van der Waals surface area contributed by atoms with Crippen LogP contribution in [0.15, 0.2) is 47.5 Å². The van der Waals surface area contributed by atoms with Gasteiger partial charge in [-0.2, -0.15) is 0 Å². The van der Waals surface area contributed by atoms with E-state index in [0.717, 1.165) is 30.1 Å². The van der Waals surface area contributed by atoms with Crippen LogP contribution in [0.25, 0.3) is 0 Å². The molecule has 0 atom stereocenters. The average molecular weight is 542 g/mol. The van der Waals surface area contributed by atoms with Gasteiger partial charge >= 0.3 is 0 Å². The third kappa shape index (κ3) is 9.33. The van der Waals surface area contributed by atoms with Gasteiger partial charge in [-0.25, -0.2) is 4.99 Å². The van der Waals surface area contributed by atoms with Crippen LogP contribution < -0.4 is 30.6 Å². The summed E-state index contributed by atoms with van der Waals surface area (Å²) in [5, 5.41) is 6.57. The fourth-order valence-corrected chi connectivity index (χ4v) is 2.76. The summed E-state index contributed by atoms with van der Waals surface area (Å²) < 4.78 is 16.0. The number of amides is 1. The van der Waals surface area contributed by atoms with Crippen molar-refractivity contribution in [1.29, 1.82) is 0 Å². The topological polar surface area (TPSA) is 107 Å². The number of hydrogen-bond acceptors (Lipinski definition) is 5. The van der Waals surface area contributed by atoms with Crippen LogP contribution in [0, 0.1) is 0 Å². The Morgan fingerprint density at radius 3 is 2.48 bits per heavy atom. The molecule has 0 aliphatic heterocycles. The van der Waals surface area contributed by atoms with Gasteiger partial charge in [0.15, 0.2) is 24.1 Å². The quantitative estimate of drug-likeness (QED) is 0.229. The van der Waals surface area contributed by atoms with E-state index in [9.17, 15) is 4.79 Å². The molecule has 2 aromatic carbocycles. The first-order valence-corrected chi connectivity index (χ1v) is 9.78. The zero-order chi connectivity index (χ0) is 21.8. The molecule has 0 spiro atoms. The number of carbonyl (C=O) groups excluding carboxylic acids is 1. The molecule has 31 heavy (non-hydrogen) atoms. The monoisotopic (exact) mass is 542 g/mol. The zero-order valence-electron chi connectivity index (χ0n) is 18.1. The molecule has 0 radical (unpaired) electrons. The minimum atomic E-state index is -0.508. The van der Waals surface area contributed by atoms with Gasteiger partial charge in [0.05, 0.1) is 20.8 Å². The first-order chi connectivity index (χ1) is 14.5. The van der Waals surface area contributed by atoms with Crippen molar-refractivity contribution < 1.29 is 19.0 Å². The van der Waals surface area contributed by atoms with Crippen LogP contribution in [0.1, 0.15) is 18.1 Å². The van der Waals surface area contributed by atoms with Crippen LogP contribution in [-0.4, -0.2) is 45.8 Å². The van der Waals surface area contributed by atoms with Gasteiger partial charge in [-0.3, -0.25) is 4.79 Å². The molecule has 4 N–H and O–H groups in total. The van der Waals surface area contributed by atoms with Gasteiger partial charge in [-0.1, -0.05) is 18.2 Å². The molecule has 0 heterocycles. The number of methoxy groups -OCH3 is 2. The lowest BCUT2D eigenvalue weighted by Crippen LogP contribution is -2.38. The first-order valence-electron chi connectivity index (χ1n) is 9.78. The largest absolute Gasteiger partial charge is 0.493 e. The maximum atomic E-state index is 10.9. The minimum absolute atomic E-state index is 0. The summed E-state index contributed by atoms with van der Waals surface area (Å²) >= 11 is 0. The number of ether oxygens (including phenoxy) is 3. The molecule has 2 rings (SSSR count). The number of nitrogens with zero attached hydrogens (tertiary/aromatic N) is 1. The lowest BCUT2D eigenvalue weighted by atomic mass is 10.1. The highest BCUT2D eigenvalue weighted by Crippen LogP contribution is 2.27. The molecule has 170 valence electrons. The van der Waals surface area contributed by atoms with E-state index in [2.05, 4.69) is 15.6 Å². The molecular formula is C22H31IN4O4. The number of halogens is 1. The summed E-state index contributed by atoms with van der Waals surface area (Å²) in [6.07, 6.45) is 0.807. The van der Waals surface area contributed by atoms with Crippen molar-refractivity contribution >= 4 is 35.8 Å². The highest BCUT2D eigenvalue weighted by Gasteiger charge is 2.05. The number of hydrogen-bond donors (Lipinski definition) is 3. The van der Waals surface area contributed by atoms with Crippen LogP contribution in [-0.2, 0) is 17.8 Å². The Balaban J connectivity index is 0.00000480. The molecule has 1 amide bonds. The van der Waals surface area contributed by atoms with Gasteiger partial charge in [-0.05, 0) is 48.7 Å². The SMILES string of the molecule is CCNC(=NCc1cccc(OCC(N)=O)c1)NCCc1ccc(OC)c(OC)c1.I. The Hall–Kier alpha value is -2.69. The van der Waals surface area contributed by atoms with Crippen LogP contribution >= 0.6 is 24.0 Å². The molecule has 0 aromatic heterocycles. The number of carbonyl (C=O) groups is 1. The van der Waals surface area contributed by atoms with Crippen molar-refractivity contribution in [2.24, 2.45) is 10.7 Å². The van der Waals surface area contributed by atoms with Gasteiger partial charge in [0.2, 0.25) is 0 Å². The maximum absolute atomic E-state index is 10.9. The summed E-state index contributed by atoms with van der Waals surface area (Å²) in [4.78, 5) is 15.5. The summed E-state index contributed by atoms with van der Waals surface area (Å²) in [6, 6.07) is 13.3. The van der Waals surface area contributed by atoms with Crippen molar-refractivity contribution in [2.75, 3.05) is 33.9 Å². The second-order valence-electron chi connectivity index (χ2n) is 6.46. The average Bonchev–Trinajstić information content (AvgIpc) is 2.76. The number of guanidine groups is 1. The van der Waals surface area contributed by atoms with Crippen molar-refractivity contribution in [3.63, 3.8) is 0 Å². The molecule has 2 aromatic rings. The van der Waals surface area contributed by atoms with Gasteiger partial charge in [0, 0.05) is 13.1 Å². The van der Waals surface area contributed by atoms with Gasteiger partial charge in [0.25, 0.3) is 5.91 Å². The second-order valence-corrected chi connectivity index (χ2v) is 6.46. The molecule has 0 saturated heterocycles. The lowest BCUT2D eigenvalue weighted by Gasteiger charge is -2.13. The van der Waals surface area contributed by atoms with E-state index in [1.807, 2.05) is 43.3 Å². The number of rotatable bonds is 11. The zero-order valence-corrected chi connectivity index (χ0v) is 20.5. The number of nitrogens with two attached hydrogens (primary N) is 1. The fourth-order valence-electron chi connectivity index (χ4n) is 2.76. The summed E-state index contributed by atoms with van der Waals surface area (Å²) in [6.45, 7) is 3.81. The standard InChI is InChI=1S/C22H30N4O4.HI/c1-4-24-22(25-11-10-16-8-9-19(28-2)20(13-16)29-3)26-14-17-6-5-7-18(12-17)30-15-21(23)27;/h5-9,12-13H,4,10-11,14-15H2,1-3H3,(H2,23,27)(H2,24,25,26);1H. The number of nitrogens with one attached hydrogen (secondary N) is 2. The van der Waals surface area contributed by atoms with Crippen LogP contribution in [0.3, 0.4) is 0 Å². The van der Waals surface area contributed by atoms with E-state index >= 15 is 0 Å². The predicted octanol–water partition coefficient (Wildman–Crippen LogP) is 2.48. The van der Waals surface area contributed by atoms with Crippen LogP contribution in [0.2, 0.25) is 0 Å². The van der Waals surface area contributed by atoms with Crippen LogP contribution in [0.4, 0.5) is 0 Å². The Bertz CT molecular complexity index is 861. The highest BCUT2D eigenvalue weighted by molar-refractivity contribution is 14.0. The summed E-state index contributed by atoms with van der Waals surface area (Å²) in [7, 11) is 3.25. The Kier molecular flexibility index (Phi) is 12.2. The molecule has 0 fully saturated rings. The number of aliphatic imine (C=N–C) groups is 1. The summed E-state index contributed by atoms with van der Waals surface area (Å²) in [5.74, 6) is 2.24. The van der Waals surface area contributed by atoms with E-state index < -0.39 is 5.91 Å². The van der Waals surface area contributed by atoms with E-state index in [-0.39, 0.29) is 30.6 Å². The van der Waals surface area contributed by atoms with Crippen molar-refractivity contribution in [3.8, 4) is 17.2 Å².